The summed E-state index contributed by atoms with van der Waals surface area (Å²) in [6, 6.07) is 6.63. The summed E-state index contributed by atoms with van der Waals surface area (Å²) in [5.41, 5.74) is 1.01. The van der Waals surface area contributed by atoms with Crippen LogP contribution in [0.3, 0.4) is 0 Å². The molecule has 1 N–H and O–H groups in total. The molecule has 146 valence electrons. The molecule has 0 unspecified atom stereocenters. The van der Waals surface area contributed by atoms with Gasteiger partial charge in [0.1, 0.15) is 5.82 Å². The zero-order chi connectivity index (χ0) is 18.8. The van der Waals surface area contributed by atoms with E-state index >= 15 is 0 Å². The molecule has 0 aromatic heterocycles. The Bertz CT molecular complexity index is 689. The van der Waals surface area contributed by atoms with Crippen molar-refractivity contribution in [2.24, 2.45) is 11.8 Å². The van der Waals surface area contributed by atoms with Crippen molar-refractivity contribution in [3.05, 3.63) is 35.6 Å². The minimum atomic E-state index is -0.246. The summed E-state index contributed by atoms with van der Waals surface area (Å²) in [4.78, 5) is 29.3. The molecule has 2 atom stereocenters. The lowest BCUT2D eigenvalue weighted by Crippen LogP contribution is -2.48. The second kappa shape index (κ2) is 7.97. The first-order valence-corrected chi connectivity index (χ1v) is 10.1. The fourth-order valence-electron chi connectivity index (χ4n) is 4.33. The molecular formula is C21H28FN3O2. The molecule has 3 heterocycles. The third-order valence-electron chi connectivity index (χ3n) is 6.04. The number of halogens is 1. The Kier molecular flexibility index (Phi) is 5.43. The number of fused-ring (bicyclic) bond motifs is 4. The number of carbonyl (C=O) groups is 2. The number of piperidine rings is 1. The summed E-state index contributed by atoms with van der Waals surface area (Å²) in [6.07, 6.45) is 5.20. The topological polar surface area (TPSA) is 52.7 Å². The van der Waals surface area contributed by atoms with Gasteiger partial charge in [0.25, 0.3) is 0 Å². The van der Waals surface area contributed by atoms with Gasteiger partial charge in [0.2, 0.25) is 11.8 Å². The van der Waals surface area contributed by atoms with Crippen molar-refractivity contribution in [1.82, 2.24) is 15.1 Å². The van der Waals surface area contributed by atoms with Crippen molar-refractivity contribution >= 4 is 11.8 Å². The predicted octanol–water partition coefficient (Wildman–Crippen LogP) is 1.82. The van der Waals surface area contributed by atoms with E-state index in [1.54, 1.807) is 12.1 Å². The molecule has 1 aliphatic carbocycles. The number of hydrogen-bond acceptors (Lipinski definition) is 3. The molecule has 6 heteroatoms. The lowest BCUT2D eigenvalue weighted by Gasteiger charge is -2.36. The van der Waals surface area contributed by atoms with Crippen molar-refractivity contribution in [2.75, 3.05) is 32.7 Å². The standard InChI is InChI=1S/C21H28FN3O2/c22-18-6-3-15(4-7-18)9-10-23-20(26)14-24-12-17-5-8-19(13-24)25(21(17)27)11-16-1-2-16/h3-4,6-7,16-17,19H,1-2,5,8-14H2,(H,23,26)/t17-,19+/m1/s1. The molecule has 4 fully saturated rings. The van der Waals surface area contributed by atoms with E-state index in [9.17, 15) is 14.0 Å². The normalized spacial score (nSPS) is 25.5. The average Bonchev–Trinajstić information content (AvgIpc) is 3.48. The first-order chi connectivity index (χ1) is 13.1. The minimum Gasteiger partial charge on any atom is -0.355 e. The molecule has 27 heavy (non-hydrogen) atoms. The van der Waals surface area contributed by atoms with Gasteiger partial charge in [0.15, 0.2) is 0 Å². The molecule has 1 aromatic carbocycles. The maximum absolute atomic E-state index is 12.9. The Morgan fingerprint density at radius 1 is 1.11 bits per heavy atom. The zero-order valence-corrected chi connectivity index (χ0v) is 15.7. The van der Waals surface area contributed by atoms with Crippen LogP contribution in [0.4, 0.5) is 4.39 Å². The van der Waals surface area contributed by atoms with Crippen molar-refractivity contribution < 1.29 is 14.0 Å². The summed E-state index contributed by atoms with van der Waals surface area (Å²) in [5.74, 6) is 0.812. The number of hydrogen-bond donors (Lipinski definition) is 1. The van der Waals surface area contributed by atoms with Gasteiger partial charge in [-0.3, -0.25) is 14.5 Å². The third-order valence-corrected chi connectivity index (χ3v) is 6.04. The Hall–Kier alpha value is -1.95. The average molecular weight is 373 g/mol. The van der Waals surface area contributed by atoms with E-state index in [0.29, 0.717) is 37.9 Å². The number of nitrogens with one attached hydrogen (secondary N) is 1. The van der Waals surface area contributed by atoms with E-state index in [-0.39, 0.29) is 23.7 Å². The van der Waals surface area contributed by atoms with E-state index in [4.69, 9.17) is 0 Å². The van der Waals surface area contributed by atoms with Crippen LogP contribution in [0.2, 0.25) is 0 Å². The van der Waals surface area contributed by atoms with Crippen molar-refractivity contribution in [3.63, 3.8) is 0 Å². The van der Waals surface area contributed by atoms with Crippen LogP contribution in [0.15, 0.2) is 24.3 Å². The molecule has 3 saturated heterocycles. The first kappa shape index (κ1) is 18.4. The molecule has 5 nitrogen and oxygen atoms in total. The van der Waals surface area contributed by atoms with Crippen molar-refractivity contribution in [1.29, 1.82) is 0 Å². The van der Waals surface area contributed by atoms with Gasteiger partial charge in [-0.2, -0.15) is 0 Å². The van der Waals surface area contributed by atoms with E-state index in [1.807, 2.05) is 0 Å². The molecular weight excluding hydrogens is 345 g/mol. The second-order valence-corrected chi connectivity index (χ2v) is 8.28. The highest BCUT2D eigenvalue weighted by atomic mass is 19.1. The summed E-state index contributed by atoms with van der Waals surface area (Å²) in [5, 5.41) is 2.96. The van der Waals surface area contributed by atoms with Crippen LogP contribution in [0.25, 0.3) is 0 Å². The Labute approximate surface area is 159 Å². The van der Waals surface area contributed by atoms with Gasteiger partial charge >= 0.3 is 0 Å². The number of benzene rings is 1. The highest BCUT2D eigenvalue weighted by Crippen LogP contribution is 2.35. The Morgan fingerprint density at radius 2 is 1.89 bits per heavy atom. The van der Waals surface area contributed by atoms with E-state index in [1.165, 1.54) is 25.0 Å². The van der Waals surface area contributed by atoms with Gasteiger partial charge in [-0.1, -0.05) is 12.1 Å². The number of amides is 2. The van der Waals surface area contributed by atoms with Crippen LogP contribution >= 0.6 is 0 Å². The van der Waals surface area contributed by atoms with Crippen LogP contribution in [0.1, 0.15) is 31.2 Å². The van der Waals surface area contributed by atoms with Crippen LogP contribution in [0, 0.1) is 17.7 Å². The number of carbonyl (C=O) groups excluding carboxylic acids is 2. The maximum Gasteiger partial charge on any atom is 0.234 e. The molecule has 2 amide bonds. The molecule has 3 aliphatic heterocycles. The Balaban J connectivity index is 1.26. The van der Waals surface area contributed by atoms with Gasteiger partial charge in [0.05, 0.1) is 12.5 Å². The molecule has 1 aromatic rings. The predicted molar refractivity (Wildman–Crippen MR) is 101 cm³/mol. The first-order valence-electron chi connectivity index (χ1n) is 10.1. The van der Waals surface area contributed by atoms with Gasteiger partial charge < -0.3 is 10.2 Å². The van der Waals surface area contributed by atoms with Gasteiger partial charge in [0, 0.05) is 32.2 Å². The lowest BCUT2D eigenvalue weighted by molar-refractivity contribution is -0.140. The fourth-order valence-corrected chi connectivity index (χ4v) is 4.33. The maximum atomic E-state index is 12.9. The third kappa shape index (κ3) is 4.67. The van der Waals surface area contributed by atoms with Crippen LogP contribution in [0.5, 0.6) is 0 Å². The Morgan fingerprint density at radius 3 is 2.63 bits per heavy atom. The highest BCUT2D eigenvalue weighted by molar-refractivity contribution is 5.81. The highest BCUT2D eigenvalue weighted by Gasteiger charge is 2.42. The SMILES string of the molecule is O=C(CN1C[C@H]2CC[C@@H](C1)N(CC1CC1)C2=O)NCCc1ccc(F)cc1. The molecule has 1 saturated carbocycles. The number of nitrogens with zero attached hydrogens (tertiary/aromatic N) is 2. The molecule has 4 aliphatic rings. The fraction of sp³-hybridized carbons (Fsp3) is 0.619. The van der Waals surface area contributed by atoms with E-state index < -0.39 is 0 Å². The van der Waals surface area contributed by atoms with E-state index in [0.717, 1.165) is 31.5 Å². The van der Waals surface area contributed by atoms with E-state index in [2.05, 4.69) is 15.1 Å². The summed E-state index contributed by atoms with van der Waals surface area (Å²) < 4.78 is 12.9. The largest absolute Gasteiger partial charge is 0.355 e. The van der Waals surface area contributed by atoms with Crippen LogP contribution < -0.4 is 5.32 Å². The van der Waals surface area contributed by atoms with Crippen molar-refractivity contribution in [2.45, 2.75) is 38.1 Å². The summed E-state index contributed by atoms with van der Waals surface area (Å²) >= 11 is 0. The molecule has 0 radical (unpaired) electrons. The molecule has 5 rings (SSSR count). The van der Waals surface area contributed by atoms with Gasteiger partial charge in [-0.05, 0) is 55.7 Å². The minimum absolute atomic E-state index is 0.000367. The van der Waals surface area contributed by atoms with Gasteiger partial charge in [-0.25, -0.2) is 4.39 Å². The van der Waals surface area contributed by atoms with Gasteiger partial charge in [-0.15, -0.1) is 0 Å². The zero-order valence-electron chi connectivity index (χ0n) is 15.7. The molecule has 0 spiro atoms. The second-order valence-electron chi connectivity index (χ2n) is 8.28. The quantitative estimate of drug-likeness (QED) is 0.793. The van der Waals surface area contributed by atoms with Crippen LogP contribution in [-0.2, 0) is 16.0 Å². The van der Waals surface area contributed by atoms with Crippen LogP contribution in [-0.4, -0.2) is 60.4 Å². The lowest BCUT2D eigenvalue weighted by atomic mass is 9.94. The molecule has 2 bridgehead atoms. The van der Waals surface area contributed by atoms with Crippen molar-refractivity contribution in [3.8, 4) is 0 Å². The summed E-state index contributed by atoms with van der Waals surface area (Å²) in [6.45, 7) is 3.30. The summed E-state index contributed by atoms with van der Waals surface area (Å²) in [7, 11) is 0. The monoisotopic (exact) mass is 373 g/mol. The smallest absolute Gasteiger partial charge is 0.234 e. The number of rotatable bonds is 7.